The normalized spacial score (nSPS) is 12.2. The highest BCUT2D eigenvalue weighted by Gasteiger charge is 2.06. The summed E-state index contributed by atoms with van der Waals surface area (Å²) >= 11 is 0. The first-order chi connectivity index (χ1) is 7.61. The second-order valence-electron chi connectivity index (χ2n) is 3.96. The number of hydrogen-bond donors (Lipinski definition) is 2. The van der Waals surface area contributed by atoms with E-state index in [4.69, 9.17) is 5.73 Å². The van der Waals surface area contributed by atoms with Crippen molar-refractivity contribution in [1.82, 2.24) is 10.3 Å². The van der Waals surface area contributed by atoms with Crippen LogP contribution in [0.15, 0.2) is 18.3 Å². The number of hydrogen-bond acceptors (Lipinski definition) is 3. The van der Waals surface area contributed by atoms with Crippen LogP contribution in [0.5, 0.6) is 0 Å². The van der Waals surface area contributed by atoms with Gasteiger partial charge in [0.25, 0.3) is 0 Å². The molecule has 1 aromatic rings. The van der Waals surface area contributed by atoms with E-state index in [0.717, 1.165) is 17.7 Å². The average molecular weight is 221 g/mol. The Morgan fingerprint density at radius 2 is 2.31 bits per heavy atom. The molecule has 0 aliphatic carbocycles. The number of nitrogens with two attached hydrogens (primary N) is 1. The molecule has 1 amide bonds. The van der Waals surface area contributed by atoms with Crippen LogP contribution in [0.1, 0.15) is 31.0 Å². The Kier molecular flexibility index (Phi) is 4.92. The molecule has 0 fully saturated rings. The Hall–Kier alpha value is -1.42. The van der Waals surface area contributed by atoms with Gasteiger partial charge in [-0.3, -0.25) is 9.78 Å². The average Bonchev–Trinajstić information content (AvgIpc) is 2.28. The fraction of sp³-hybridized carbons (Fsp3) is 0.500. The lowest BCUT2D eigenvalue weighted by Gasteiger charge is -2.09. The van der Waals surface area contributed by atoms with Crippen molar-refractivity contribution in [2.45, 2.75) is 39.3 Å². The standard InChI is InChI=1S/C12H19N3O/c1-3-11(13)6-12(16)15-8-10-5-4-9(2)14-7-10/h4-5,7,11H,3,6,8,13H2,1-2H3,(H,15,16). The van der Waals surface area contributed by atoms with Crippen LogP contribution in [0.2, 0.25) is 0 Å². The summed E-state index contributed by atoms with van der Waals surface area (Å²) in [4.78, 5) is 15.6. The van der Waals surface area contributed by atoms with Gasteiger partial charge >= 0.3 is 0 Å². The monoisotopic (exact) mass is 221 g/mol. The van der Waals surface area contributed by atoms with E-state index in [1.807, 2.05) is 26.0 Å². The molecule has 1 unspecified atom stereocenters. The first-order valence-corrected chi connectivity index (χ1v) is 5.55. The van der Waals surface area contributed by atoms with Gasteiger partial charge in [-0.2, -0.15) is 0 Å². The van der Waals surface area contributed by atoms with Crippen LogP contribution in [0.3, 0.4) is 0 Å². The molecule has 0 bridgehead atoms. The van der Waals surface area contributed by atoms with E-state index in [9.17, 15) is 4.79 Å². The summed E-state index contributed by atoms with van der Waals surface area (Å²) < 4.78 is 0. The van der Waals surface area contributed by atoms with Crippen LogP contribution < -0.4 is 11.1 Å². The van der Waals surface area contributed by atoms with Crippen molar-refractivity contribution in [2.75, 3.05) is 0 Å². The zero-order valence-electron chi connectivity index (χ0n) is 9.86. The van der Waals surface area contributed by atoms with E-state index in [1.54, 1.807) is 6.20 Å². The number of aryl methyl sites for hydroxylation is 1. The Morgan fingerprint density at radius 1 is 1.56 bits per heavy atom. The molecule has 1 heterocycles. The lowest BCUT2D eigenvalue weighted by molar-refractivity contribution is -0.121. The third-order valence-corrected chi connectivity index (χ3v) is 2.43. The number of pyridine rings is 1. The maximum atomic E-state index is 11.4. The van der Waals surface area contributed by atoms with Crippen molar-refractivity contribution in [1.29, 1.82) is 0 Å². The molecule has 0 aliphatic heterocycles. The highest BCUT2D eigenvalue weighted by atomic mass is 16.1. The zero-order chi connectivity index (χ0) is 12.0. The Balaban J connectivity index is 2.34. The van der Waals surface area contributed by atoms with Gasteiger partial charge in [0.05, 0.1) is 0 Å². The zero-order valence-corrected chi connectivity index (χ0v) is 9.86. The maximum Gasteiger partial charge on any atom is 0.221 e. The van der Waals surface area contributed by atoms with Crippen molar-refractivity contribution in [3.8, 4) is 0 Å². The first kappa shape index (κ1) is 12.6. The lowest BCUT2D eigenvalue weighted by Crippen LogP contribution is -2.30. The first-order valence-electron chi connectivity index (χ1n) is 5.55. The molecular weight excluding hydrogens is 202 g/mol. The summed E-state index contributed by atoms with van der Waals surface area (Å²) in [5.74, 6) is -0.00470. The van der Waals surface area contributed by atoms with Gasteiger partial charge in [0.1, 0.15) is 0 Å². The van der Waals surface area contributed by atoms with Gasteiger partial charge in [0.2, 0.25) is 5.91 Å². The molecular formula is C12H19N3O. The van der Waals surface area contributed by atoms with Gasteiger partial charge < -0.3 is 11.1 Å². The third kappa shape index (κ3) is 4.40. The topological polar surface area (TPSA) is 68.0 Å². The van der Waals surface area contributed by atoms with Crippen LogP contribution in [-0.4, -0.2) is 16.9 Å². The van der Waals surface area contributed by atoms with E-state index < -0.39 is 0 Å². The molecule has 1 aromatic heterocycles. The minimum Gasteiger partial charge on any atom is -0.352 e. The smallest absolute Gasteiger partial charge is 0.221 e. The molecule has 0 aromatic carbocycles. The van der Waals surface area contributed by atoms with Crippen LogP contribution >= 0.6 is 0 Å². The molecule has 0 saturated heterocycles. The largest absolute Gasteiger partial charge is 0.352 e. The second-order valence-corrected chi connectivity index (χ2v) is 3.96. The van der Waals surface area contributed by atoms with Crippen molar-refractivity contribution < 1.29 is 4.79 Å². The third-order valence-electron chi connectivity index (χ3n) is 2.43. The van der Waals surface area contributed by atoms with Crippen molar-refractivity contribution in [2.24, 2.45) is 5.73 Å². The molecule has 88 valence electrons. The summed E-state index contributed by atoms with van der Waals surface area (Å²) in [7, 11) is 0. The predicted octanol–water partition coefficient (Wildman–Crippen LogP) is 1.13. The minimum absolute atomic E-state index is 0.00470. The molecule has 1 rings (SSSR count). The summed E-state index contributed by atoms with van der Waals surface area (Å²) in [5, 5.41) is 2.82. The van der Waals surface area contributed by atoms with Crippen LogP contribution in [0.4, 0.5) is 0 Å². The Labute approximate surface area is 96.3 Å². The molecule has 16 heavy (non-hydrogen) atoms. The van der Waals surface area contributed by atoms with Gasteiger partial charge in [0.15, 0.2) is 0 Å². The van der Waals surface area contributed by atoms with Gasteiger partial charge in [0, 0.05) is 30.9 Å². The van der Waals surface area contributed by atoms with E-state index in [1.165, 1.54) is 0 Å². The van der Waals surface area contributed by atoms with Gasteiger partial charge in [-0.05, 0) is 25.0 Å². The van der Waals surface area contributed by atoms with Gasteiger partial charge in [-0.1, -0.05) is 13.0 Å². The number of rotatable bonds is 5. The fourth-order valence-electron chi connectivity index (χ4n) is 1.26. The Morgan fingerprint density at radius 3 is 2.88 bits per heavy atom. The Bertz CT molecular complexity index is 335. The van der Waals surface area contributed by atoms with E-state index in [2.05, 4.69) is 10.3 Å². The summed E-state index contributed by atoms with van der Waals surface area (Å²) in [5.41, 5.74) is 7.67. The van der Waals surface area contributed by atoms with Crippen LogP contribution in [0, 0.1) is 6.92 Å². The quantitative estimate of drug-likeness (QED) is 0.783. The molecule has 0 aliphatic rings. The minimum atomic E-state index is -0.0452. The summed E-state index contributed by atoms with van der Waals surface area (Å²) in [6, 6.07) is 3.85. The van der Waals surface area contributed by atoms with Gasteiger partial charge in [-0.15, -0.1) is 0 Å². The summed E-state index contributed by atoms with van der Waals surface area (Å²) in [6.45, 7) is 4.42. The summed E-state index contributed by atoms with van der Waals surface area (Å²) in [6.07, 6.45) is 2.98. The molecule has 0 radical (unpaired) electrons. The second kappa shape index (κ2) is 6.23. The highest BCUT2D eigenvalue weighted by Crippen LogP contribution is 1.99. The maximum absolute atomic E-state index is 11.4. The number of aromatic nitrogens is 1. The molecule has 4 nitrogen and oxygen atoms in total. The lowest BCUT2D eigenvalue weighted by atomic mass is 10.1. The van der Waals surface area contributed by atoms with E-state index in [-0.39, 0.29) is 11.9 Å². The van der Waals surface area contributed by atoms with Crippen molar-refractivity contribution >= 4 is 5.91 Å². The number of carbonyl (C=O) groups is 1. The van der Waals surface area contributed by atoms with E-state index in [0.29, 0.717) is 13.0 Å². The number of amides is 1. The highest BCUT2D eigenvalue weighted by molar-refractivity contribution is 5.76. The molecule has 3 N–H and O–H groups in total. The van der Waals surface area contributed by atoms with Crippen molar-refractivity contribution in [3.05, 3.63) is 29.6 Å². The fourth-order valence-corrected chi connectivity index (χ4v) is 1.26. The molecule has 1 atom stereocenters. The number of carbonyl (C=O) groups excluding carboxylic acids is 1. The number of nitrogens with one attached hydrogen (secondary N) is 1. The van der Waals surface area contributed by atoms with Crippen molar-refractivity contribution in [3.63, 3.8) is 0 Å². The number of nitrogens with zero attached hydrogens (tertiary/aromatic N) is 1. The molecule has 0 spiro atoms. The molecule has 0 saturated carbocycles. The molecule has 4 heteroatoms. The predicted molar refractivity (Wildman–Crippen MR) is 63.7 cm³/mol. The van der Waals surface area contributed by atoms with E-state index >= 15 is 0 Å². The van der Waals surface area contributed by atoms with Crippen LogP contribution in [-0.2, 0) is 11.3 Å². The van der Waals surface area contributed by atoms with Crippen LogP contribution in [0.25, 0.3) is 0 Å². The SMILES string of the molecule is CCC(N)CC(=O)NCc1ccc(C)nc1. The van der Waals surface area contributed by atoms with Gasteiger partial charge in [-0.25, -0.2) is 0 Å².